The van der Waals surface area contributed by atoms with Gasteiger partial charge in [0, 0.05) is 15.5 Å². The zero-order valence-electron chi connectivity index (χ0n) is 16.1. The molecule has 1 atom stereocenters. The molecule has 2 rings (SSSR count). The fraction of sp³-hybridized carbons (Fsp3) is 0.316. The van der Waals surface area contributed by atoms with E-state index < -0.39 is 23.7 Å². The normalized spacial score (nSPS) is 13.1. The van der Waals surface area contributed by atoms with Gasteiger partial charge in [0.05, 0.1) is 12.7 Å². The van der Waals surface area contributed by atoms with Gasteiger partial charge in [-0.15, -0.1) is 11.3 Å². The first-order valence-electron chi connectivity index (χ1n) is 8.54. The molecule has 0 bridgehead atoms. The van der Waals surface area contributed by atoms with Crippen LogP contribution in [0, 0.1) is 18.3 Å². The van der Waals surface area contributed by atoms with E-state index in [1.54, 1.807) is 19.2 Å². The number of carbonyl (C=O) groups is 2. The summed E-state index contributed by atoms with van der Waals surface area (Å²) in [5, 5.41) is 13.3. The third-order valence-electron chi connectivity index (χ3n) is 4.30. The van der Waals surface area contributed by atoms with Gasteiger partial charge in [0.1, 0.15) is 11.1 Å². The van der Waals surface area contributed by atoms with E-state index in [-0.39, 0.29) is 21.2 Å². The van der Waals surface area contributed by atoms with Crippen molar-refractivity contribution in [3.8, 4) is 6.07 Å². The quantitative estimate of drug-likeness (QED) is 0.493. The van der Waals surface area contributed by atoms with E-state index in [0.29, 0.717) is 16.9 Å². The summed E-state index contributed by atoms with van der Waals surface area (Å²) in [5.41, 5.74) is -3.25. The number of nitrogens with zero attached hydrogens (tertiary/aromatic N) is 1. The third-order valence-corrected chi connectivity index (χ3v) is 5.61. The zero-order valence-corrected chi connectivity index (χ0v) is 17.7. The van der Waals surface area contributed by atoms with E-state index in [0.717, 1.165) is 18.4 Å². The predicted molar refractivity (Wildman–Crippen MR) is 106 cm³/mol. The molecule has 11 heteroatoms. The monoisotopic (exact) mass is 459 g/mol. The van der Waals surface area contributed by atoms with E-state index >= 15 is 0 Å². The average molecular weight is 460 g/mol. The molecule has 1 amide bonds. The summed E-state index contributed by atoms with van der Waals surface area (Å²) >= 11 is 6.61. The van der Waals surface area contributed by atoms with Crippen molar-refractivity contribution < 1.29 is 27.5 Å². The summed E-state index contributed by atoms with van der Waals surface area (Å²) < 4.78 is 46.9. The third kappa shape index (κ3) is 4.37. The molecule has 30 heavy (non-hydrogen) atoms. The van der Waals surface area contributed by atoms with Crippen molar-refractivity contribution in [3.05, 3.63) is 50.9 Å². The van der Waals surface area contributed by atoms with Gasteiger partial charge in [0.2, 0.25) is 0 Å². The number of halogens is 4. The van der Waals surface area contributed by atoms with Gasteiger partial charge in [0.25, 0.3) is 5.91 Å². The van der Waals surface area contributed by atoms with Crippen molar-refractivity contribution in [2.24, 2.45) is 0 Å². The predicted octanol–water partition coefficient (Wildman–Crippen LogP) is 4.42. The van der Waals surface area contributed by atoms with Gasteiger partial charge in [-0.1, -0.05) is 18.5 Å². The maximum absolute atomic E-state index is 14.2. The Balaban J connectivity index is 2.60. The van der Waals surface area contributed by atoms with E-state index in [1.807, 2.05) is 11.4 Å². The lowest BCUT2D eigenvalue weighted by Gasteiger charge is -2.34. The van der Waals surface area contributed by atoms with Gasteiger partial charge < -0.3 is 15.4 Å². The van der Waals surface area contributed by atoms with Crippen LogP contribution in [-0.4, -0.2) is 30.8 Å². The molecule has 0 fully saturated rings. The lowest BCUT2D eigenvalue weighted by Crippen LogP contribution is -2.69. The zero-order chi connectivity index (χ0) is 22.7. The van der Waals surface area contributed by atoms with Crippen LogP contribution in [0.3, 0.4) is 0 Å². The molecule has 6 nitrogen and oxygen atoms in total. The summed E-state index contributed by atoms with van der Waals surface area (Å²) in [4.78, 5) is 25.5. The Morgan fingerprint density at radius 1 is 1.27 bits per heavy atom. The summed E-state index contributed by atoms with van der Waals surface area (Å²) in [5.74, 6) is -2.98. The van der Waals surface area contributed by atoms with E-state index in [9.17, 15) is 28.0 Å². The summed E-state index contributed by atoms with van der Waals surface area (Å²) in [6.07, 6.45) is -4.90. The summed E-state index contributed by atoms with van der Waals surface area (Å²) in [6, 6.07) is 6.92. The molecule has 1 aromatic heterocycles. The molecule has 0 spiro atoms. The van der Waals surface area contributed by atoms with Gasteiger partial charge in [-0.3, -0.25) is 4.79 Å². The molecule has 0 aliphatic rings. The van der Waals surface area contributed by atoms with Crippen LogP contribution in [0.25, 0.3) is 0 Å². The van der Waals surface area contributed by atoms with Gasteiger partial charge in [-0.25, -0.2) is 4.79 Å². The molecule has 0 saturated carbocycles. The lowest BCUT2D eigenvalue weighted by atomic mass is 10.1. The first-order chi connectivity index (χ1) is 14.0. The number of carbonyl (C=O) groups excluding carboxylic acids is 2. The fourth-order valence-corrected chi connectivity index (χ4v) is 4.05. The Labute approximate surface area is 179 Å². The Morgan fingerprint density at radius 3 is 2.33 bits per heavy atom. The fourth-order valence-electron chi connectivity index (χ4n) is 2.77. The van der Waals surface area contributed by atoms with E-state index in [2.05, 4.69) is 4.74 Å². The number of ether oxygens (including phenoxy) is 1. The van der Waals surface area contributed by atoms with Crippen LogP contribution in [0.5, 0.6) is 0 Å². The second-order valence-electron chi connectivity index (χ2n) is 6.13. The van der Waals surface area contributed by atoms with Crippen molar-refractivity contribution in [1.29, 1.82) is 5.26 Å². The van der Waals surface area contributed by atoms with Crippen LogP contribution < -0.4 is 10.6 Å². The van der Waals surface area contributed by atoms with Crippen LogP contribution >= 0.6 is 22.9 Å². The smallest absolute Gasteiger partial charge is 0.441 e. The minimum atomic E-state index is -5.31. The number of esters is 1. The first-order valence-corrected chi connectivity index (χ1v) is 9.73. The Morgan fingerprint density at radius 2 is 1.87 bits per heavy atom. The van der Waals surface area contributed by atoms with Crippen molar-refractivity contribution in [2.45, 2.75) is 32.1 Å². The van der Waals surface area contributed by atoms with Crippen LogP contribution in [0.4, 0.5) is 18.2 Å². The molecule has 1 aromatic carbocycles. The van der Waals surface area contributed by atoms with Gasteiger partial charge >= 0.3 is 17.8 Å². The maximum Gasteiger partial charge on any atom is 0.441 e. The second-order valence-corrected chi connectivity index (χ2v) is 7.79. The molecular weight excluding hydrogens is 443 g/mol. The number of hydrogen-bond donors (Lipinski definition) is 2. The number of nitriles is 1. The van der Waals surface area contributed by atoms with Crippen LogP contribution in [0.2, 0.25) is 5.02 Å². The highest BCUT2D eigenvalue weighted by Gasteiger charge is 2.64. The number of alkyl halides is 3. The number of benzene rings is 1. The molecule has 160 valence electrons. The Hall–Kier alpha value is -2.77. The highest BCUT2D eigenvalue weighted by atomic mass is 35.5. The Kier molecular flexibility index (Phi) is 7.00. The molecular formula is C19H17ClF3N3O3S. The molecule has 2 aromatic rings. The van der Waals surface area contributed by atoms with E-state index in [1.165, 1.54) is 24.3 Å². The standard InChI is InChI=1S/C19H17ClF3N3O3S/c1-4-13-10(2)30-16(14(13)9-24)26-18(17(28)29-3,19(21,22)23)25-15(27)11-5-7-12(20)8-6-11/h5-8,26H,4H2,1-3H3,(H,25,27)/t18-/m0/s1. The second kappa shape index (κ2) is 8.93. The highest BCUT2D eigenvalue weighted by molar-refractivity contribution is 7.16. The van der Waals surface area contributed by atoms with Crippen LogP contribution in [0.15, 0.2) is 24.3 Å². The first kappa shape index (κ1) is 23.5. The number of amides is 1. The van der Waals surface area contributed by atoms with Gasteiger partial charge in [-0.2, -0.15) is 18.4 Å². The van der Waals surface area contributed by atoms with Gasteiger partial charge in [0.15, 0.2) is 0 Å². The molecule has 2 N–H and O–H groups in total. The van der Waals surface area contributed by atoms with Gasteiger partial charge in [-0.05, 0) is 43.2 Å². The van der Waals surface area contributed by atoms with Crippen molar-refractivity contribution in [2.75, 3.05) is 12.4 Å². The molecule has 0 aliphatic carbocycles. The highest BCUT2D eigenvalue weighted by Crippen LogP contribution is 2.39. The van der Waals surface area contributed by atoms with Crippen molar-refractivity contribution >= 4 is 39.8 Å². The average Bonchev–Trinajstić information content (AvgIpc) is 2.99. The number of methoxy groups -OCH3 is 1. The maximum atomic E-state index is 14.2. The molecule has 1 heterocycles. The minimum Gasteiger partial charge on any atom is -0.466 e. The number of aryl methyl sites for hydroxylation is 1. The molecule has 0 unspecified atom stereocenters. The molecule has 0 radical (unpaired) electrons. The van der Waals surface area contributed by atoms with Crippen LogP contribution in [0.1, 0.15) is 33.3 Å². The summed E-state index contributed by atoms with van der Waals surface area (Å²) in [7, 11) is 0.765. The number of nitrogens with one attached hydrogen (secondary N) is 2. The number of thiophene rings is 1. The lowest BCUT2D eigenvalue weighted by molar-refractivity contribution is -0.203. The van der Waals surface area contributed by atoms with E-state index in [4.69, 9.17) is 11.6 Å². The molecule has 0 aliphatic heterocycles. The van der Waals surface area contributed by atoms with Crippen molar-refractivity contribution in [1.82, 2.24) is 5.32 Å². The number of anilines is 1. The topological polar surface area (TPSA) is 91.2 Å². The van der Waals surface area contributed by atoms with Crippen molar-refractivity contribution in [3.63, 3.8) is 0 Å². The minimum absolute atomic E-state index is 0.0294. The largest absolute Gasteiger partial charge is 0.466 e. The number of hydrogen-bond acceptors (Lipinski definition) is 6. The SMILES string of the molecule is CCc1c(C)sc(N[C@@](NC(=O)c2ccc(Cl)cc2)(C(=O)OC)C(F)(F)F)c1C#N. The molecule has 0 saturated heterocycles. The van der Waals surface area contributed by atoms with Crippen LogP contribution in [-0.2, 0) is 16.0 Å². The number of rotatable bonds is 6. The Bertz CT molecular complexity index is 999. The summed E-state index contributed by atoms with van der Waals surface area (Å²) in [6.45, 7) is 3.40.